The minimum Gasteiger partial charge on any atom is -0.370 e. The molecule has 2 nitrogen and oxygen atoms in total. The van der Waals surface area contributed by atoms with Gasteiger partial charge in [0, 0.05) is 11.9 Å². The number of rotatable bonds is 4. The predicted octanol–water partition coefficient (Wildman–Crippen LogP) is 4.64. The maximum Gasteiger partial charge on any atom is 0.418 e. The first-order valence-corrected chi connectivity index (χ1v) is 6.71. The molecule has 0 amide bonds. The van der Waals surface area contributed by atoms with Crippen LogP contribution in [0.1, 0.15) is 31.4 Å². The van der Waals surface area contributed by atoms with Crippen molar-refractivity contribution in [2.24, 2.45) is 0 Å². The first kappa shape index (κ1) is 14.6. The lowest BCUT2D eigenvalue weighted by Crippen LogP contribution is -2.09. The smallest absolute Gasteiger partial charge is 0.370 e. The van der Waals surface area contributed by atoms with E-state index in [1.165, 1.54) is 6.07 Å². The second-order valence-corrected chi connectivity index (χ2v) is 4.65. The number of hydrogen-bond acceptors (Lipinski definition) is 2. The van der Waals surface area contributed by atoms with Gasteiger partial charge in [-0.15, -0.1) is 0 Å². The SMILES string of the molecule is CCCNc1nc2c(C(F)(F)F)cccc2cc1CC. The van der Waals surface area contributed by atoms with Gasteiger partial charge in [-0.1, -0.05) is 26.0 Å². The van der Waals surface area contributed by atoms with Crippen molar-refractivity contribution in [1.82, 2.24) is 4.98 Å². The van der Waals surface area contributed by atoms with Crippen LogP contribution in [0.25, 0.3) is 10.9 Å². The molecule has 0 radical (unpaired) electrons. The monoisotopic (exact) mass is 282 g/mol. The Morgan fingerprint density at radius 2 is 1.95 bits per heavy atom. The highest BCUT2D eigenvalue weighted by atomic mass is 19.4. The summed E-state index contributed by atoms with van der Waals surface area (Å²) >= 11 is 0. The highest BCUT2D eigenvalue weighted by Gasteiger charge is 2.33. The average molecular weight is 282 g/mol. The lowest BCUT2D eigenvalue weighted by atomic mass is 10.1. The van der Waals surface area contributed by atoms with Gasteiger partial charge in [-0.05, 0) is 30.5 Å². The van der Waals surface area contributed by atoms with Gasteiger partial charge in [-0.2, -0.15) is 13.2 Å². The minimum atomic E-state index is -4.39. The van der Waals surface area contributed by atoms with Crippen LogP contribution in [0.3, 0.4) is 0 Å². The number of para-hydroxylation sites is 1. The number of benzene rings is 1. The number of aromatic nitrogens is 1. The molecule has 20 heavy (non-hydrogen) atoms. The Morgan fingerprint density at radius 1 is 1.20 bits per heavy atom. The molecule has 1 aromatic heterocycles. The number of alkyl halides is 3. The lowest BCUT2D eigenvalue weighted by molar-refractivity contribution is -0.136. The van der Waals surface area contributed by atoms with Gasteiger partial charge < -0.3 is 5.32 Å². The molecule has 1 aromatic carbocycles. The summed E-state index contributed by atoms with van der Waals surface area (Å²) in [5.74, 6) is 0.554. The Balaban J connectivity index is 2.63. The molecule has 1 N–H and O–H groups in total. The second kappa shape index (κ2) is 5.69. The largest absolute Gasteiger partial charge is 0.418 e. The van der Waals surface area contributed by atoms with Crippen LogP contribution in [-0.2, 0) is 12.6 Å². The fourth-order valence-corrected chi connectivity index (χ4v) is 2.14. The normalized spacial score (nSPS) is 11.8. The van der Waals surface area contributed by atoms with Crippen LogP contribution in [0.15, 0.2) is 24.3 Å². The summed E-state index contributed by atoms with van der Waals surface area (Å²) in [7, 11) is 0. The lowest BCUT2D eigenvalue weighted by Gasteiger charge is -2.14. The number of hydrogen-bond donors (Lipinski definition) is 1. The van der Waals surface area contributed by atoms with Crippen LogP contribution in [-0.4, -0.2) is 11.5 Å². The Hall–Kier alpha value is -1.78. The molecule has 0 aliphatic rings. The molecule has 0 aliphatic carbocycles. The van der Waals surface area contributed by atoms with Crippen LogP contribution in [0.2, 0.25) is 0 Å². The Morgan fingerprint density at radius 3 is 2.55 bits per heavy atom. The molecule has 0 spiro atoms. The fraction of sp³-hybridized carbons (Fsp3) is 0.400. The molecule has 5 heteroatoms. The Labute approximate surface area is 116 Å². The first-order chi connectivity index (χ1) is 9.47. The molecule has 2 rings (SSSR count). The summed E-state index contributed by atoms with van der Waals surface area (Å²) in [5.41, 5.74) is 0.262. The molecular formula is C15H17F3N2. The summed E-state index contributed by atoms with van der Waals surface area (Å²) in [6, 6.07) is 5.95. The van der Waals surface area contributed by atoms with Crippen molar-refractivity contribution >= 4 is 16.7 Å². The van der Waals surface area contributed by atoms with Crippen molar-refractivity contribution in [2.45, 2.75) is 32.9 Å². The third-order valence-corrected chi connectivity index (χ3v) is 3.15. The molecule has 0 saturated carbocycles. The van der Waals surface area contributed by atoms with Crippen LogP contribution < -0.4 is 5.32 Å². The van der Waals surface area contributed by atoms with E-state index in [2.05, 4.69) is 10.3 Å². The van der Waals surface area contributed by atoms with E-state index in [4.69, 9.17) is 0 Å². The van der Waals surface area contributed by atoms with Gasteiger partial charge in [0.15, 0.2) is 0 Å². The van der Waals surface area contributed by atoms with Gasteiger partial charge >= 0.3 is 6.18 Å². The van der Waals surface area contributed by atoms with E-state index in [1.54, 1.807) is 12.1 Å². The van der Waals surface area contributed by atoms with E-state index >= 15 is 0 Å². The van der Waals surface area contributed by atoms with E-state index in [-0.39, 0.29) is 5.52 Å². The van der Waals surface area contributed by atoms with Crippen molar-refractivity contribution < 1.29 is 13.2 Å². The zero-order valence-corrected chi connectivity index (χ0v) is 11.5. The van der Waals surface area contributed by atoms with Crippen molar-refractivity contribution in [2.75, 3.05) is 11.9 Å². The predicted molar refractivity (Wildman–Crippen MR) is 74.9 cm³/mol. The van der Waals surface area contributed by atoms with Gasteiger partial charge in [-0.3, -0.25) is 0 Å². The quantitative estimate of drug-likeness (QED) is 0.883. The Bertz CT molecular complexity index is 606. The first-order valence-electron chi connectivity index (χ1n) is 6.71. The van der Waals surface area contributed by atoms with Crippen molar-refractivity contribution in [1.29, 1.82) is 0 Å². The average Bonchev–Trinajstić information content (AvgIpc) is 2.42. The molecule has 108 valence electrons. The van der Waals surface area contributed by atoms with Gasteiger partial charge in [0.1, 0.15) is 5.82 Å². The van der Waals surface area contributed by atoms with Crippen molar-refractivity contribution in [3.63, 3.8) is 0 Å². The van der Waals surface area contributed by atoms with E-state index in [1.807, 2.05) is 13.8 Å². The van der Waals surface area contributed by atoms with Crippen LogP contribution in [0.5, 0.6) is 0 Å². The van der Waals surface area contributed by atoms with Crippen molar-refractivity contribution in [3.05, 3.63) is 35.4 Å². The second-order valence-electron chi connectivity index (χ2n) is 4.65. The number of aryl methyl sites for hydroxylation is 1. The van der Waals surface area contributed by atoms with E-state index < -0.39 is 11.7 Å². The van der Waals surface area contributed by atoms with E-state index in [0.717, 1.165) is 24.5 Å². The van der Waals surface area contributed by atoms with Gasteiger partial charge in [-0.25, -0.2) is 4.98 Å². The number of nitrogens with zero attached hydrogens (tertiary/aromatic N) is 1. The highest BCUT2D eigenvalue weighted by Crippen LogP contribution is 2.35. The summed E-state index contributed by atoms with van der Waals surface area (Å²) in [6.07, 6.45) is -2.77. The fourth-order valence-electron chi connectivity index (χ4n) is 2.14. The summed E-state index contributed by atoms with van der Waals surface area (Å²) in [5, 5.41) is 3.63. The van der Waals surface area contributed by atoms with E-state index in [0.29, 0.717) is 17.7 Å². The third kappa shape index (κ3) is 2.86. The molecule has 0 saturated heterocycles. The minimum absolute atomic E-state index is 0.0100. The third-order valence-electron chi connectivity index (χ3n) is 3.15. The molecule has 0 bridgehead atoms. The van der Waals surface area contributed by atoms with Crippen LogP contribution >= 0.6 is 0 Å². The molecular weight excluding hydrogens is 265 g/mol. The molecule has 0 fully saturated rings. The van der Waals surface area contributed by atoms with E-state index in [9.17, 15) is 13.2 Å². The molecule has 2 aromatic rings. The van der Waals surface area contributed by atoms with Crippen LogP contribution in [0, 0.1) is 0 Å². The van der Waals surface area contributed by atoms with Crippen LogP contribution in [0.4, 0.5) is 19.0 Å². The highest BCUT2D eigenvalue weighted by molar-refractivity contribution is 5.85. The van der Waals surface area contributed by atoms with Gasteiger partial charge in [0.25, 0.3) is 0 Å². The number of pyridine rings is 1. The zero-order valence-electron chi connectivity index (χ0n) is 11.5. The molecule has 0 aliphatic heterocycles. The standard InChI is InChI=1S/C15H17F3N2/c1-3-8-19-14-10(4-2)9-11-6-5-7-12(13(11)20-14)15(16,17)18/h5-7,9H,3-4,8H2,1-2H3,(H,19,20). The topological polar surface area (TPSA) is 24.9 Å². The summed E-state index contributed by atoms with van der Waals surface area (Å²) < 4.78 is 39.1. The van der Waals surface area contributed by atoms with Gasteiger partial charge in [0.2, 0.25) is 0 Å². The summed E-state index contributed by atoms with van der Waals surface area (Å²) in [4.78, 5) is 4.22. The number of halogens is 3. The molecule has 1 heterocycles. The maximum atomic E-state index is 13.0. The Kier molecular flexibility index (Phi) is 4.16. The van der Waals surface area contributed by atoms with Crippen molar-refractivity contribution in [3.8, 4) is 0 Å². The maximum absolute atomic E-state index is 13.0. The zero-order chi connectivity index (χ0) is 14.8. The van der Waals surface area contributed by atoms with Gasteiger partial charge in [0.05, 0.1) is 11.1 Å². The number of anilines is 1. The number of fused-ring (bicyclic) bond motifs is 1. The molecule has 0 unspecified atom stereocenters. The molecule has 0 atom stereocenters. The number of nitrogens with one attached hydrogen (secondary N) is 1. The summed E-state index contributed by atoms with van der Waals surface area (Å²) in [6.45, 7) is 4.66.